The van der Waals surface area contributed by atoms with Crippen LogP contribution in [0.1, 0.15) is 23.5 Å². The lowest BCUT2D eigenvalue weighted by molar-refractivity contribution is -0.109. The van der Waals surface area contributed by atoms with Crippen molar-refractivity contribution in [2.75, 3.05) is 0 Å². The lowest BCUT2D eigenvalue weighted by Crippen LogP contribution is -2.14. The van der Waals surface area contributed by atoms with Crippen LogP contribution >= 0.6 is 0 Å². The molecular formula is C11H13NO. The van der Waals surface area contributed by atoms with Crippen molar-refractivity contribution in [3.8, 4) is 0 Å². The van der Waals surface area contributed by atoms with Gasteiger partial charge in [-0.3, -0.25) is 4.79 Å². The maximum atomic E-state index is 10.2. The van der Waals surface area contributed by atoms with Crippen molar-refractivity contribution in [3.05, 3.63) is 35.4 Å². The molecule has 13 heavy (non-hydrogen) atoms. The smallest absolute Gasteiger partial charge is 0.207 e. The molecule has 1 amide bonds. The molecule has 1 fully saturated rings. The van der Waals surface area contributed by atoms with E-state index in [1.54, 1.807) is 0 Å². The number of nitrogens with one attached hydrogen (secondary N) is 1. The molecule has 1 aliphatic carbocycles. The molecule has 0 heterocycles. The normalized spacial score (nSPS) is 25.3. The van der Waals surface area contributed by atoms with Crippen LogP contribution < -0.4 is 5.32 Å². The summed E-state index contributed by atoms with van der Waals surface area (Å²) in [5.74, 6) is 0.548. The largest absolute Gasteiger partial charge is 0.355 e. The zero-order valence-electron chi connectivity index (χ0n) is 7.66. The first-order valence-corrected chi connectivity index (χ1v) is 4.58. The number of carbonyl (C=O) groups is 1. The number of aryl methyl sites for hydroxylation is 1. The summed E-state index contributed by atoms with van der Waals surface area (Å²) in [6, 6.07) is 8.73. The van der Waals surface area contributed by atoms with E-state index in [2.05, 4.69) is 30.4 Å². The topological polar surface area (TPSA) is 29.1 Å². The first kappa shape index (κ1) is 8.30. The summed E-state index contributed by atoms with van der Waals surface area (Å²) in [5.41, 5.74) is 2.70. The maximum Gasteiger partial charge on any atom is 0.207 e. The minimum absolute atomic E-state index is 0.374. The zero-order chi connectivity index (χ0) is 9.26. The Morgan fingerprint density at radius 2 is 2.23 bits per heavy atom. The first-order valence-electron chi connectivity index (χ1n) is 4.58. The van der Waals surface area contributed by atoms with Gasteiger partial charge in [-0.15, -0.1) is 0 Å². The van der Waals surface area contributed by atoms with Crippen molar-refractivity contribution < 1.29 is 4.79 Å². The van der Waals surface area contributed by atoms with Crippen molar-refractivity contribution in [2.45, 2.75) is 25.3 Å². The Morgan fingerprint density at radius 3 is 2.92 bits per heavy atom. The van der Waals surface area contributed by atoms with Crippen molar-refractivity contribution >= 4 is 6.41 Å². The van der Waals surface area contributed by atoms with Crippen LogP contribution in [0, 0.1) is 6.92 Å². The Bertz CT molecular complexity index is 322. The van der Waals surface area contributed by atoms with Crippen LogP contribution in [-0.2, 0) is 4.79 Å². The predicted molar refractivity (Wildman–Crippen MR) is 51.5 cm³/mol. The fraction of sp³-hybridized carbons (Fsp3) is 0.364. The van der Waals surface area contributed by atoms with Gasteiger partial charge in [-0.1, -0.05) is 24.3 Å². The van der Waals surface area contributed by atoms with Crippen molar-refractivity contribution in [3.63, 3.8) is 0 Å². The Morgan fingerprint density at radius 1 is 1.46 bits per heavy atom. The average Bonchev–Trinajstić information content (AvgIpc) is 2.86. The summed E-state index contributed by atoms with van der Waals surface area (Å²) in [6.45, 7) is 2.12. The van der Waals surface area contributed by atoms with Gasteiger partial charge < -0.3 is 5.32 Å². The molecule has 2 heteroatoms. The van der Waals surface area contributed by atoms with Crippen LogP contribution in [0.4, 0.5) is 0 Å². The molecule has 1 saturated carbocycles. The summed E-state index contributed by atoms with van der Waals surface area (Å²) in [4.78, 5) is 10.2. The van der Waals surface area contributed by atoms with E-state index in [-0.39, 0.29) is 0 Å². The van der Waals surface area contributed by atoms with E-state index in [9.17, 15) is 4.79 Å². The number of amides is 1. The van der Waals surface area contributed by atoms with Gasteiger partial charge in [-0.25, -0.2) is 0 Å². The summed E-state index contributed by atoms with van der Waals surface area (Å²) < 4.78 is 0. The zero-order valence-corrected chi connectivity index (χ0v) is 7.66. The Kier molecular flexibility index (Phi) is 2.05. The Labute approximate surface area is 78.0 Å². The fourth-order valence-corrected chi connectivity index (χ4v) is 1.81. The van der Waals surface area contributed by atoms with E-state index in [1.165, 1.54) is 11.1 Å². The van der Waals surface area contributed by atoms with Crippen LogP contribution in [0.2, 0.25) is 0 Å². The molecule has 0 saturated heterocycles. The molecule has 1 aromatic carbocycles. The van der Waals surface area contributed by atoms with Gasteiger partial charge in [-0.05, 0) is 24.5 Å². The van der Waals surface area contributed by atoms with E-state index in [4.69, 9.17) is 0 Å². The van der Waals surface area contributed by atoms with Crippen LogP contribution in [-0.4, -0.2) is 12.5 Å². The van der Waals surface area contributed by atoms with Gasteiger partial charge in [0, 0.05) is 12.0 Å². The first-order chi connectivity index (χ1) is 6.33. The van der Waals surface area contributed by atoms with Crippen LogP contribution in [0.25, 0.3) is 0 Å². The molecule has 0 spiro atoms. The van der Waals surface area contributed by atoms with Gasteiger partial charge in [0.15, 0.2) is 0 Å². The van der Waals surface area contributed by atoms with E-state index >= 15 is 0 Å². The minimum Gasteiger partial charge on any atom is -0.355 e. The number of hydrogen-bond acceptors (Lipinski definition) is 1. The standard InChI is InChI=1S/C11H13NO/c1-8-4-2-3-5-9(8)10-6-11(10)12-7-13/h2-5,7,10-11H,6H2,1H3,(H,12,13)/t10-,11+/m1/s1. The third-order valence-electron chi connectivity index (χ3n) is 2.66. The van der Waals surface area contributed by atoms with Crippen molar-refractivity contribution in [1.82, 2.24) is 5.32 Å². The number of carbonyl (C=O) groups excluding carboxylic acids is 1. The van der Waals surface area contributed by atoms with Crippen LogP contribution in [0.5, 0.6) is 0 Å². The highest BCUT2D eigenvalue weighted by atomic mass is 16.1. The molecule has 0 aliphatic heterocycles. The van der Waals surface area contributed by atoms with Crippen molar-refractivity contribution in [1.29, 1.82) is 0 Å². The molecular weight excluding hydrogens is 162 g/mol. The third kappa shape index (κ3) is 1.57. The van der Waals surface area contributed by atoms with Gasteiger partial charge in [0.2, 0.25) is 6.41 Å². The molecule has 0 radical (unpaired) electrons. The van der Waals surface area contributed by atoms with E-state index in [0.717, 1.165) is 12.8 Å². The second kappa shape index (κ2) is 3.21. The quantitative estimate of drug-likeness (QED) is 0.694. The SMILES string of the molecule is Cc1ccccc1[C@H]1C[C@@H]1NC=O. The van der Waals surface area contributed by atoms with Gasteiger partial charge in [0.1, 0.15) is 0 Å². The van der Waals surface area contributed by atoms with E-state index in [0.29, 0.717) is 12.0 Å². The van der Waals surface area contributed by atoms with Crippen LogP contribution in [0.3, 0.4) is 0 Å². The van der Waals surface area contributed by atoms with Crippen LogP contribution in [0.15, 0.2) is 24.3 Å². The minimum atomic E-state index is 0.374. The average molecular weight is 175 g/mol. The monoisotopic (exact) mass is 175 g/mol. The molecule has 1 aromatic rings. The number of benzene rings is 1. The van der Waals surface area contributed by atoms with E-state index < -0.39 is 0 Å². The van der Waals surface area contributed by atoms with Gasteiger partial charge in [-0.2, -0.15) is 0 Å². The molecule has 1 N–H and O–H groups in total. The van der Waals surface area contributed by atoms with Gasteiger partial charge in [0.25, 0.3) is 0 Å². The third-order valence-corrected chi connectivity index (χ3v) is 2.66. The molecule has 68 valence electrons. The second-order valence-corrected chi connectivity index (χ2v) is 3.59. The molecule has 0 bridgehead atoms. The van der Waals surface area contributed by atoms with Crippen molar-refractivity contribution in [2.24, 2.45) is 0 Å². The van der Waals surface area contributed by atoms with Gasteiger partial charge >= 0.3 is 0 Å². The van der Waals surface area contributed by atoms with Gasteiger partial charge in [0.05, 0.1) is 0 Å². The maximum absolute atomic E-state index is 10.2. The number of rotatable bonds is 3. The highest BCUT2D eigenvalue weighted by Gasteiger charge is 2.38. The summed E-state index contributed by atoms with van der Waals surface area (Å²) >= 11 is 0. The summed E-state index contributed by atoms with van der Waals surface area (Å²) in [6.07, 6.45) is 1.88. The van der Waals surface area contributed by atoms with E-state index in [1.807, 2.05) is 6.07 Å². The molecule has 2 nitrogen and oxygen atoms in total. The highest BCUT2D eigenvalue weighted by Crippen LogP contribution is 2.41. The fourth-order valence-electron chi connectivity index (χ4n) is 1.81. The predicted octanol–water partition coefficient (Wildman–Crippen LogP) is 1.60. The highest BCUT2D eigenvalue weighted by molar-refractivity contribution is 5.49. The second-order valence-electron chi connectivity index (χ2n) is 3.59. The lowest BCUT2D eigenvalue weighted by atomic mass is 10.0. The lowest BCUT2D eigenvalue weighted by Gasteiger charge is -2.03. The number of hydrogen-bond donors (Lipinski definition) is 1. The Hall–Kier alpha value is -1.31. The molecule has 1 aliphatic rings. The summed E-state index contributed by atoms with van der Waals surface area (Å²) in [5, 5.41) is 2.81. The molecule has 2 atom stereocenters. The molecule has 0 unspecified atom stereocenters. The summed E-state index contributed by atoms with van der Waals surface area (Å²) in [7, 11) is 0. The Balaban J connectivity index is 2.11. The molecule has 0 aromatic heterocycles. The molecule has 2 rings (SSSR count).